The summed E-state index contributed by atoms with van der Waals surface area (Å²) in [6.07, 6.45) is 1.59. The zero-order chi connectivity index (χ0) is 30.1. The number of rotatable bonds is 8. The van der Waals surface area contributed by atoms with E-state index in [1.807, 2.05) is 36.4 Å². The van der Waals surface area contributed by atoms with Crippen LogP contribution in [0, 0.1) is 17.3 Å². The average molecular weight is 798 g/mol. The van der Waals surface area contributed by atoms with Crippen LogP contribution in [-0.2, 0) is 6.61 Å². The zero-order valence-electron chi connectivity index (χ0n) is 22.4. The predicted molar refractivity (Wildman–Crippen MR) is 180 cm³/mol. The lowest BCUT2D eigenvalue weighted by Crippen LogP contribution is -2.20. The fourth-order valence-electron chi connectivity index (χ4n) is 4.50. The minimum Gasteiger partial charge on any atom is -0.496 e. The number of hydrogen-bond donors (Lipinski definition) is 0. The molecule has 0 N–H and O–H groups in total. The molecule has 0 saturated heterocycles. The van der Waals surface area contributed by atoms with Gasteiger partial charge in [0.05, 0.1) is 41.7 Å². The highest BCUT2D eigenvalue weighted by Gasteiger charge is 2.18. The van der Waals surface area contributed by atoms with Crippen molar-refractivity contribution in [3.8, 4) is 23.1 Å². The van der Waals surface area contributed by atoms with Gasteiger partial charge in [-0.05, 0) is 111 Å². The molecule has 0 spiro atoms. The van der Waals surface area contributed by atoms with Crippen LogP contribution >= 0.6 is 45.2 Å². The van der Waals surface area contributed by atoms with Crippen molar-refractivity contribution in [2.75, 3.05) is 7.11 Å². The topological polar surface area (TPSA) is 122 Å². The molecule has 0 radical (unpaired) electrons. The summed E-state index contributed by atoms with van der Waals surface area (Å²) in [5.41, 5.74) is 2.37. The first-order valence-corrected chi connectivity index (χ1v) is 15.0. The van der Waals surface area contributed by atoms with Crippen LogP contribution < -0.4 is 15.0 Å². The third-order valence-corrected chi connectivity index (χ3v) is 8.19. The number of nitro groups is 1. The minimum atomic E-state index is -0.435. The van der Waals surface area contributed by atoms with Gasteiger partial charge < -0.3 is 13.9 Å². The van der Waals surface area contributed by atoms with E-state index < -0.39 is 4.92 Å². The number of fused-ring (bicyclic) bond motifs is 2. The van der Waals surface area contributed by atoms with Gasteiger partial charge in [0.2, 0.25) is 5.82 Å². The van der Waals surface area contributed by atoms with Crippen LogP contribution in [0.4, 0.5) is 5.69 Å². The second kappa shape index (κ2) is 12.1. The summed E-state index contributed by atoms with van der Waals surface area (Å²) in [7, 11) is 1.59. The molecular weight excluding hydrogens is 778 g/mol. The maximum absolute atomic E-state index is 13.6. The molecule has 0 unspecified atom stereocenters. The molecule has 6 aromatic rings. The van der Waals surface area contributed by atoms with Crippen LogP contribution in [0.15, 0.2) is 99.2 Å². The average Bonchev–Trinajstić information content (AvgIpc) is 3.45. The van der Waals surface area contributed by atoms with Gasteiger partial charge in [-0.2, -0.15) is 9.78 Å². The van der Waals surface area contributed by atoms with Crippen molar-refractivity contribution in [2.24, 2.45) is 5.10 Å². The standard InChI is InChI=1S/C31H20I2N4O6/c1-41-26-7-4-8-27-22(26)15-28(43-27)30-35-25-6-3-2-5-21(25)31(38)36(30)34-16-19-13-23(32)29(24(33)14-19)42-17-18-9-11-20(12-10-18)37(39)40/h2-16H,17H2,1H3. The van der Waals surface area contributed by atoms with Crippen LogP contribution in [0.3, 0.4) is 0 Å². The molecule has 0 aliphatic rings. The Morgan fingerprint density at radius 2 is 1.74 bits per heavy atom. The Kier molecular flexibility index (Phi) is 8.12. The third-order valence-electron chi connectivity index (χ3n) is 6.59. The van der Waals surface area contributed by atoms with Gasteiger partial charge in [-0.25, -0.2) is 4.98 Å². The molecule has 43 heavy (non-hydrogen) atoms. The van der Waals surface area contributed by atoms with E-state index in [9.17, 15) is 14.9 Å². The minimum absolute atomic E-state index is 0.0282. The maximum Gasteiger partial charge on any atom is 0.282 e. The fourth-order valence-corrected chi connectivity index (χ4v) is 6.63. The molecule has 214 valence electrons. The second-order valence-corrected chi connectivity index (χ2v) is 11.6. The summed E-state index contributed by atoms with van der Waals surface area (Å²) < 4.78 is 20.5. The number of halogens is 2. The molecule has 0 fully saturated rings. The van der Waals surface area contributed by atoms with Crippen molar-refractivity contribution in [2.45, 2.75) is 6.61 Å². The van der Waals surface area contributed by atoms with Crippen LogP contribution in [0.25, 0.3) is 33.5 Å². The van der Waals surface area contributed by atoms with E-state index in [0.29, 0.717) is 33.7 Å². The predicted octanol–water partition coefficient (Wildman–Crippen LogP) is 7.40. The van der Waals surface area contributed by atoms with Gasteiger partial charge in [0.15, 0.2) is 5.76 Å². The van der Waals surface area contributed by atoms with Crippen molar-refractivity contribution in [1.82, 2.24) is 9.66 Å². The highest BCUT2D eigenvalue weighted by atomic mass is 127. The first-order chi connectivity index (χ1) is 20.8. The normalized spacial score (nSPS) is 11.4. The van der Waals surface area contributed by atoms with Crippen LogP contribution in [-0.4, -0.2) is 27.9 Å². The Morgan fingerprint density at radius 1 is 1.00 bits per heavy atom. The van der Waals surface area contributed by atoms with Gasteiger partial charge in [-0.1, -0.05) is 18.2 Å². The maximum atomic E-state index is 13.6. The van der Waals surface area contributed by atoms with Crippen molar-refractivity contribution >= 4 is 79.0 Å². The molecular formula is C31H20I2N4O6. The van der Waals surface area contributed by atoms with Gasteiger partial charge in [0.25, 0.3) is 11.2 Å². The van der Waals surface area contributed by atoms with Crippen LogP contribution in [0.5, 0.6) is 11.5 Å². The molecule has 2 aromatic heterocycles. The fraction of sp³-hybridized carbons (Fsp3) is 0.0645. The van der Waals surface area contributed by atoms with E-state index in [-0.39, 0.29) is 23.7 Å². The number of benzene rings is 4. The number of hydrogen-bond acceptors (Lipinski definition) is 8. The third kappa shape index (κ3) is 5.84. The number of nitro benzene ring substituents is 1. The zero-order valence-corrected chi connectivity index (χ0v) is 26.7. The molecule has 2 heterocycles. The van der Waals surface area contributed by atoms with E-state index >= 15 is 0 Å². The molecule has 0 amide bonds. The van der Waals surface area contributed by atoms with E-state index in [1.165, 1.54) is 16.8 Å². The number of methoxy groups -OCH3 is 1. The van der Waals surface area contributed by atoms with Crippen molar-refractivity contribution in [3.05, 3.63) is 124 Å². The number of para-hydroxylation sites is 1. The summed E-state index contributed by atoms with van der Waals surface area (Å²) in [6.45, 7) is 0.251. The molecule has 10 nitrogen and oxygen atoms in total. The Bertz CT molecular complexity index is 2080. The lowest BCUT2D eigenvalue weighted by Gasteiger charge is -2.12. The molecule has 0 aliphatic carbocycles. The van der Waals surface area contributed by atoms with Gasteiger partial charge in [0.1, 0.15) is 23.7 Å². The number of ether oxygens (including phenoxy) is 2. The largest absolute Gasteiger partial charge is 0.496 e. The van der Waals surface area contributed by atoms with Crippen molar-refractivity contribution in [3.63, 3.8) is 0 Å². The Labute approximate surface area is 271 Å². The highest BCUT2D eigenvalue weighted by Crippen LogP contribution is 2.33. The van der Waals surface area contributed by atoms with Crippen molar-refractivity contribution < 1.29 is 18.8 Å². The van der Waals surface area contributed by atoms with Gasteiger partial charge in [0, 0.05) is 12.1 Å². The summed E-state index contributed by atoms with van der Waals surface area (Å²) in [5, 5.41) is 16.7. The Hall–Kier alpha value is -4.31. The first kappa shape index (κ1) is 28.8. The van der Waals surface area contributed by atoms with Crippen molar-refractivity contribution in [1.29, 1.82) is 0 Å². The number of furan rings is 1. The molecule has 4 aromatic carbocycles. The van der Waals surface area contributed by atoms with Crippen LogP contribution in [0.1, 0.15) is 11.1 Å². The molecule has 6 rings (SSSR count). The highest BCUT2D eigenvalue weighted by molar-refractivity contribution is 14.1. The summed E-state index contributed by atoms with van der Waals surface area (Å²) in [5.74, 6) is 1.95. The smallest absolute Gasteiger partial charge is 0.282 e. The lowest BCUT2D eigenvalue weighted by molar-refractivity contribution is -0.384. The molecule has 0 aliphatic heterocycles. The van der Waals surface area contributed by atoms with Gasteiger partial charge in [-0.3, -0.25) is 14.9 Å². The molecule has 0 saturated carbocycles. The Morgan fingerprint density at radius 3 is 2.47 bits per heavy atom. The SMILES string of the molecule is COc1cccc2oc(-c3nc4ccccc4c(=O)n3N=Cc3cc(I)c(OCc4ccc([N+](=O)[O-])cc4)c(I)c3)cc12. The van der Waals surface area contributed by atoms with Gasteiger partial charge in [-0.15, -0.1) is 0 Å². The van der Waals surface area contributed by atoms with E-state index in [2.05, 4.69) is 50.3 Å². The second-order valence-electron chi connectivity index (χ2n) is 9.32. The van der Waals surface area contributed by atoms with Crippen LogP contribution in [0.2, 0.25) is 0 Å². The van der Waals surface area contributed by atoms with E-state index in [4.69, 9.17) is 18.9 Å². The van der Waals surface area contributed by atoms with E-state index in [1.54, 1.807) is 49.7 Å². The monoisotopic (exact) mass is 798 g/mol. The Balaban J connectivity index is 1.35. The number of nitrogens with zero attached hydrogens (tertiary/aromatic N) is 4. The summed E-state index contributed by atoms with van der Waals surface area (Å²) >= 11 is 4.37. The summed E-state index contributed by atoms with van der Waals surface area (Å²) in [6, 6.07) is 24.4. The van der Waals surface area contributed by atoms with E-state index in [0.717, 1.165) is 23.7 Å². The number of non-ortho nitro benzene ring substituents is 1. The quantitative estimate of drug-likeness (QED) is 0.0681. The summed E-state index contributed by atoms with van der Waals surface area (Å²) in [4.78, 5) is 28.9. The molecule has 0 atom stereocenters. The first-order valence-electron chi connectivity index (χ1n) is 12.8. The molecule has 12 heteroatoms. The van der Waals surface area contributed by atoms with Gasteiger partial charge >= 0.3 is 0 Å². The lowest BCUT2D eigenvalue weighted by atomic mass is 10.2. The molecule has 0 bridgehead atoms. The number of aromatic nitrogens is 2.